The minimum absolute atomic E-state index is 0.137. The Morgan fingerprint density at radius 1 is 1.29 bits per heavy atom. The molecule has 0 bridgehead atoms. The molecule has 1 atom stereocenters. The van der Waals surface area contributed by atoms with E-state index in [9.17, 15) is 9.59 Å². The normalized spacial score (nSPS) is 18.0. The monoisotopic (exact) mass is 284 g/mol. The minimum atomic E-state index is -0.477. The average molecular weight is 284 g/mol. The van der Waals surface area contributed by atoms with E-state index in [-0.39, 0.29) is 11.9 Å². The highest BCUT2D eigenvalue weighted by Gasteiger charge is 2.35. The first-order valence-electron chi connectivity index (χ1n) is 6.95. The van der Waals surface area contributed by atoms with Crippen LogP contribution in [0.2, 0.25) is 0 Å². The standard InChI is InChI=1S/C16H16N2O3/c1-21-16(20)14-7-4-10-18(14)15(19)12-8-9-17-13-6-3-2-5-11(12)13/h2-3,5-6,8-9,14H,4,7,10H2,1H3. The van der Waals surface area contributed by atoms with Gasteiger partial charge in [-0.1, -0.05) is 18.2 Å². The molecule has 1 aromatic heterocycles. The molecule has 0 saturated carbocycles. The van der Waals surface area contributed by atoms with Crippen LogP contribution in [0.3, 0.4) is 0 Å². The number of esters is 1. The second-order valence-corrected chi connectivity index (χ2v) is 5.06. The predicted molar refractivity (Wildman–Crippen MR) is 77.8 cm³/mol. The van der Waals surface area contributed by atoms with E-state index in [1.54, 1.807) is 17.2 Å². The lowest BCUT2D eigenvalue weighted by Gasteiger charge is -2.23. The maximum Gasteiger partial charge on any atom is 0.328 e. The Morgan fingerprint density at radius 2 is 2.10 bits per heavy atom. The van der Waals surface area contributed by atoms with Gasteiger partial charge in [-0.3, -0.25) is 9.78 Å². The van der Waals surface area contributed by atoms with Gasteiger partial charge in [0.1, 0.15) is 6.04 Å². The number of carbonyl (C=O) groups excluding carboxylic acids is 2. The fourth-order valence-electron chi connectivity index (χ4n) is 2.83. The minimum Gasteiger partial charge on any atom is -0.467 e. The second-order valence-electron chi connectivity index (χ2n) is 5.06. The fourth-order valence-corrected chi connectivity index (χ4v) is 2.83. The third-order valence-corrected chi connectivity index (χ3v) is 3.87. The van der Waals surface area contributed by atoms with Crippen molar-refractivity contribution in [1.82, 2.24) is 9.88 Å². The molecule has 0 radical (unpaired) electrons. The topological polar surface area (TPSA) is 59.5 Å². The maximum absolute atomic E-state index is 12.8. The highest BCUT2D eigenvalue weighted by Crippen LogP contribution is 2.24. The Hall–Kier alpha value is -2.43. The van der Waals surface area contributed by atoms with E-state index in [2.05, 4.69) is 4.98 Å². The summed E-state index contributed by atoms with van der Waals surface area (Å²) in [7, 11) is 1.35. The van der Waals surface area contributed by atoms with Gasteiger partial charge in [-0.05, 0) is 25.0 Å². The Bertz CT molecular complexity index is 693. The van der Waals surface area contributed by atoms with Crippen LogP contribution >= 0.6 is 0 Å². The third-order valence-electron chi connectivity index (χ3n) is 3.87. The zero-order valence-electron chi connectivity index (χ0n) is 11.8. The first kappa shape index (κ1) is 13.5. The van der Waals surface area contributed by atoms with Gasteiger partial charge in [0.25, 0.3) is 5.91 Å². The smallest absolute Gasteiger partial charge is 0.328 e. The Balaban J connectivity index is 1.99. The first-order chi connectivity index (χ1) is 10.2. The van der Waals surface area contributed by atoms with E-state index < -0.39 is 6.04 Å². The van der Waals surface area contributed by atoms with Crippen molar-refractivity contribution in [2.24, 2.45) is 0 Å². The van der Waals surface area contributed by atoms with E-state index in [1.165, 1.54) is 7.11 Å². The molecule has 5 nitrogen and oxygen atoms in total. The van der Waals surface area contributed by atoms with E-state index >= 15 is 0 Å². The van der Waals surface area contributed by atoms with Gasteiger partial charge in [-0.25, -0.2) is 4.79 Å². The summed E-state index contributed by atoms with van der Waals surface area (Å²) < 4.78 is 4.79. The van der Waals surface area contributed by atoms with Crippen LogP contribution in [0.15, 0.2) is 36.5 Å². The molecule has 0 spiro atoms. The van der Waals surface area contributed by atoms with Crippen LogP contribution in [0.1, 0.15) is 23.2 Å². The number of hydrogen-bond donors (Lipinski definition) is 0. The number of nitrogens with zero attached hydrogens (tertiary/aromatic N) is 2. The number of fused-ring (bicyclic) bond motifs is 1. The largest absolute Gasteiger partial charge is 0.467 e. The number of methoxy groups -OCH3 is 1. The maximum atomic E-state index is 12.8. The van der Waals surface area contributed by atoms with E-state index in [4.69, 9.17) is 4.74 Å². The molecule has 0 N–H and O–H groups in total. The summed E-state index contributed by atoms with van der Waals surface area (Å²) in [6.07, 6.45) is 3.09. The van der Waals surface area contributed by atoms with Crippen molar-refractivity contribution in [3.8, 4) is 0 Å². The highest BCUT2D eigenvalue weighted by molar-refractivity contribution is 6.07. The van der Waals surface area contributed by atoms with Crippen LogP contribution in [0.25, 0.3) is 10.9 Å². The molecule has 1 amide bonds. The highest BCUT2D eigenvalue weighted by atomic mass is 16.5. The van der Waals surface area contributed by atoms with Crippen molar-refractivity contribution in [1.29, 1.82) is 0 Å². The molecule has 2 aromatic rings. The molecular weight excluding hydrogens is 268 g/mol. The van der Waals surface area contributed by atoms with Gasteiger partial charge >= 0.3 is 5.97 Å². The molecule has 3 rings (SSSR count). The fraction of sp³-hybridized carbons (Fsp3) is 0.312. The van der Waals surface area contributed by atoms with Crippen LogP contribution in [-0.2, 0) is 9.53 Å². The molecule has 5 heteroatoms. The summed E-state index contributed by atoms with van der Waals surface area (Å²) in [5, 5.41) is 0.806. The van der Waals surface area contributed by atoms with Gasteiger partial charge < -0.3 is 9.64 Å². The van der Waals surface area contributed by atoms with Crippen LogP contribution in [0.4, 0.5) is 0 Å². The van der Waals surface area contributed by atoms with Crippen LogP contribution < -0.4 is 0 Å². The lowest BCUT2D eigenvalue weighted by atomic mass is 10.1. The van der Waals surface area contributed by atoms with Crippen molar-refractivity contribution in [2.45, 2.75) is 18.9 Å². The molecular formula is C16H16N2O3. The number of ether oxygens (including phenoxy) is 1. The second kappa shape index (κ2) is 5.52. The van der Waals surface area contributed by atoms with Gasteiger partial charge in [0.2, 0.25) is 0 Å². The van der Waals surface area contributed by atoms with Gasteiger partial charge in [0.15, 0.2) is 0 Å². The summed E-state index contributed by atoms with van der Waals surface area (Å²) in [5.74, 6) is -0.485. The molecule has 2 heterocycles. The number of carbonyl (C=O) groups is 2. The number of benzene rings is 1. The predicted octanol–water partition coefficient (Wildman–Crippen LogP) is 2.01. The van der Waals surface area contributed by atoms with Crippen molar-refractivity contribution in [3.05, 3.63) is 42.1 Å². The van der Waals surface area contributed by atoms with Crippen LogP contribution in [-0.4, -0.2) is 41.5 Å². The average Bonchev–Trinajstić information content (AvgIpc) is 3.02. The first-order valence-corrected chi connectivity index (χ1v) is 6.95. The van der Waals surface area contributed by atoms with Gasteiger partial charge in [-0.2, -0.15) is 0 Å². The number of pyridine rings is 1. The van der Waals surface area contributed by atoms with E-state index in [0.29, 0.717) is 18.5 Å². The molecule has 1 fully saturated rings. The number of para-hydroxylation sites is 1. The summed E-state index contributed by atoms with van der Waals surface area (Å²) in [6.45, 7) is 0.579. The summed E-state index contributed by atoms with van der Waals surface area (Å²) in [5.41, 5.74) is 1.36. The summed E-state index contributed by atoms with van der Waals surface area (Å²) in [4.78, 5) is 30.4. The van der Waals surface area contributed by atoms with Crippen molar-refractivity contribution in [3.63, 3.8) is 0 Å². The van der Waals surface area contributed by atoms with Gasteiger partial charge in [0, 0.05) is 18.1 Å². The zero-order chi connectivity index (χ0) is 14.8. The van der Waals surface area contributed by atoms with Crippen LogP contribution in [0.5, 0.6) is 0 Å². The quantitative estimate of drug-likeness (QED) is 0.792. The molecule has 21 heavy (non-hydrogen) atoms. The number of amides is 1. The third kappa shape index (κ3) is 2.35. The number of aromatic nitrogens is 1. The van der Waals surface area contributed by atoms with Crippen LogP contribution in [0, 0.1) is 0 Å². The lowest BCUT2D eigenvalue weighted by molar-refractivity contribution is -0.145. The molecule has 1 aliphatic heterocycles. The number of rotatable bonds is 2. The number of hydrogen-bond acceptors (Lipinski definition) is 4. The SMILES string of the molecule is COC(=O)C1CCCN1C(=O)c1ccnc2ccccc12. The number of likely N-dealkylation sites (tertiary alicyclic amines) is 1. The van der Waals surface area contributed by atoms with Crippen molar-refractivity contribution < 1.29 is 14.3 Å². The molecule has 1 saturated heterocycles. The Morgan fingerprint density at radius 3 is 2.90 bits per heavy atom. The Labute approximate surface area is 122 Å². The van der Waals surface area contributed by atoms with E-state index in [0.717, 1.165) is 17.3 Å². The van der Waals surface area contributed by atoms with Crippen molar-refractivity contribution >= 4 is 22.8 Å². The van der Waals surface area contributed by atoms with Gasteiger partial charge in [-0.15, -0.1) is 0 Å². The van der Waals surface area contributed by atoms with Crippen molar-refractivity contribution in [2.75, 3.05) is 13.7 Å². The molecule has 1 unspecified atom stereocenters. The molecule has 0 aliphatic carbocycles. The molecule has 1 aromatic carbocycles. The van der Waals surface area contributed by atoms with Gasteiger partial charge in [0.05, 0.1) is 18.2 Å². The molecule has 108 valence electrons. The Kier molecular flexibility index (Phi) is 3.56. The zero-order valence-corrected chi connectivity index (χ0v) is 11.8. The summed E-state index contributed by atoms with van der Waals surface area (Å²) >= 11 is 0. The lowest BCUT2D eigenvalue weighted by Crippen LogP contribution is -2.41. The summed E-state index contributed by atoms with van der Waals surface area (Å²) in [6, 6.07) is 8.73. The molecule has 1 aliphatic rings. The van der Waals surface area contributed by atoms with E-state index in [1.807, 2.05) is 24.3 Å².